The molecule has 4 rings (SSSR count). The van der Waals surface area contributed by atoms with E-state index >= 15 is 0 Å². The number of fused-ring (bicyclic) bond motifs is 1. The molecule has 0 atom stereocenters. The summed E-state index contributed by atoms with van der Waals surface area (Å²) < 4.78 is 13.6. The summed E-state index contributed by atoms with van der Waals surface area (Å²) in [6.45, 7) is 4.63. The van der Waals surface area contributed by atoms with E-state index in [9.17, 15) is 19.2 Å². The Morgan fingerprint density at radius 3 is 2.48 bits per heavy atom. The van der Waals surface area contributed by atoms with Crippen molar-refractivity contribution in [1.82, 2.24) is 14.7 Å². The first-order chi connectivity index (χ1) is 21.9. The van der Waals surface area contributed by atoms with Gasteiger partial charge in [-0.1, -0.05) is 35.3 Å². The predicted octanol–water partition coefficient (Wildman–Crippen LogP) is 6.59. The van der Waals surface area contributed by atoms with Crippen molar-refractivity contribution in [3.8, 4) is 5.75 Å². The smallest absolute Gasteiger partial charge is 0.421 e. The Hall–Kier alpha value is -4.39. The number of carbonyl (C=O) groups is 4. The molecule has 2 aromatic carbocycles. The predicted molar refractivity (Wildman–Crippen MR) is 181 cm³/mol. The lowest BCUT2D eigenvalue weighted by atomic mass is 10.2. The molecule has 0 saturated carbocycles. The second-order valence-electron chi connectivity index (χ2n) is 9.85. The SMILES string of the molecule is CCOC(=O)N(C(C)=O)c1ccc(C=CC(=O)NCC(=O)N(C)c2ccc(Cl)c(COc3cccn4c(Br)c(C)nc34)c2Cl)cc1. The van der Waals surface area contributed by atoms with E-state index in [4.69, 9.17) is 32.7 Å². The molecule has 0 aliphatic heterocycles. The van der Waals surface area contributed by atoms with Crippen LogP contribution in [0.1, 0.15) is 30.7 Å². The van der Waals surface area contributed by atoms with Crippen LogP contribution in [-0.4, -0.2) is 53.4 Å². The Kier molecular flexibility index (Phi) is 11.4. The maximum Gasteiger partial charge on any atom is 0.421 e. The van der Waals surface area contributed by atoms with Gasteiger partial charge in [0.1, 0.15) is 11.2 Å². The van der Waals surface area contributed by atoms with Crippen molar-refractivity contribution >= 4 is 86.0 Å². The van der Waals surface area contributed by atoms with Crippen molar-refractivity contribution in [2.24, 2.45) is 0 Å². The molecular weight excluding hydrogens is 701 g/mol. The van der Waals surface area contributed by atoms with Crippen LogP contribution in [0.25, 0.3) is 11.7 Å². The maximum atomic E-state index is 13.0. The van der Waals surface area contributed by atoms with Gasteiger partial charge in [0.25, 0.3) is 0 Å². The van der Waals surface area contributed by atoms with E-state index < -0.39 is 23.8 Å². The molecule has 46 heavy (non-hydrogen) atoms. The number of benzene rings is 2. The first-order valence-electron chi connectivity index (χ1n) is 14.0. The molecule has 0 radical (unpaired) electrons. The fourth-order valence-corrected chi connectivity index (χ4v) is 5.33. The molecule has 2 heterocycles. The molecule has 1 N–H and O–H groups in total. The van der Waals surface area contributed by atoms with Crippen molar-refractivity contribution in [2.75, 3.05) is 30.0 Å². The number of aryl methyl sites for hydroxylation is 1. The van der Waals surface area contributed by atoms with Gasteiger partial charge in [0.15, 0.2) is 11.4 Å². The molecular formula is C32H30BrCl2N5O6. The number of pyridine rings is 1. The highest BCUT2D eigenvalue weighted by atomic mass is 79.9. The van der Waals surface area contributed by atoms with Gasteiger partial charge < -0.3 is 19.7 Å². The number of likely N-dealkylation sites (N-methyl/N-ethyl adjacent to an activating group) is 1. The zero-order valence-electron chi connectivity index (χ0n) is 25.3. The zero-order valence-corrected chi connectivity index (χ0v) is 28.4. The van der Waals surface area contributed by atoms with E-state index in [-0.39, 0.29) is 24.8 Å². The summed E-state index contributed by atoms with van der Waals surface area (Å²) in [5, 5.41) is 3.15. The van der Waals surface area contributed by atoms with Crippen LogP contribution in [0.3, 0.4) is 0 Å². The molecule has 240 valence electrons. The normalized spacial score (nSPS) is 11.0. The number of carbonyl (C=O) groups excluding carboxylic acids is 4. The van der Waals surface area contributed by atoms with Crippen LogP contribution >= 0.6 is 39.1 Å². The molecule has 11 nitrogen and oxygen atoms in total. The number of rotatable bonds is 10. The largest absolute Gasteiger partial charge is 0.485 e. The standard InChI is InChI=1S/C32H30BrCl2N5O6/c1-5-45-32(44)40(20(3)41)22-11-8-21(9-12-22)10-15-27(42)36-17-28(43)38(4)25-14-13-24(34)23(29(25)35)18-46-26-7-6-16-39-30(33)19(2)37-31(26)39/h6-16H,5,17-18H2,1-4H3,(H,36,42). The molecule has 0 unspecified atom stereocenters. The van der Waals surface area contributed by atoms with E-state index in [0.29, 0.717) is 38.9 Å². The summed E-state index contributed by atoms with van der Waals surface area (Å²) in [5.41, 5.74) is 3.26. The van der Waals surface area contributed by atoms with Crippen LogP contribution < -0.4 is 19.9 Å². The first kappa shape index (κ1) is 34.5. The van der Waals surface area contributed by atoms with Gasteiger partial charge in [0.2, 0.25) is 17.7 Å². The van der Waals surface area contributed by atoms with Crippen LogP contribution in [0.2, 0.25) is 10.0 Å². The van der Waals surface area contributed by atoms with Crippen molar-refractivity contribution < 1.29 is 28.7 Å². The van der Waals surface area contributed by atoms with Crippen LogP contribution in [0.4, 0.5) is 16.2 Å². The lowest BCUT2D eigenvalue weighted by molar-refractivity contribution is -0.122. The van der Waals surface area contributed by atoms with Crippen molar-refractivity contribution in [1.29, 1.82) is 0 Å². The molecule has 4 aromatic rings. The Bertz CT molecular complexity index is 1830. The van der Waals surface area contributed by atoms with Crippen LogP contribution in [0.15, 0.2) is 65.4 Å². The molecule has 0 spiro atoms. The minimum atomic E-state index is -0.774. The number of amides is 4. The molecule has 0 bridgehead atoms. The summed E-state index contributed by atoms with van der Waals surface area (Å²) in [4.78, 5) is 56.2. The summed E-state index contributed by atoms with van der Waals surface area (Å²) in [5.74, 6) is -0.895. The van der Waals surface area contributed by atoms with Gasteiger partial charge >= 0.3 is 6.09 Å². The molecule has 14 heteroatoms. The topological polar surface area (TPSA) is 123 Å². The lowest BCUT2D eigenvalue weighted by Crippen LogP contribution is -2.37. The van der Waals surface area contributed by atoms with Gasteiger partial charge in [-0.15, -0.1) is 0 Å². The summed E-state index contributed by atoms with van der Waals surface area (Å²) in [7, 11) is 1.54. The third-order valence-corrected chi connectivity index (χ3v) is 8.48. The number of aromatic nitrogens is 2. The second kappa shape index (κ2) is 15.3. The fourth-order valence-electron chi connectivity index (χ4n) is 4.35. The maximum absolute atomic E-state index is 13.0. The van der Waals surface area contributed by atoms with Crippen LogP contribution in [0, 0.1) is 6.92 Å². The first-order valence-corrected chi connectivity index (χ1v) is 15.5. The van der Waals surface area contributed by atoms with Gasteiger partial charge in [-0.2, -0.15) is 0 Å². The van der Waals surface area contributed by atoms with Gasteiger partial charge in [-0.05, 0) is 77.8 Å². The number of ether oxygens (including phenoxy) is 2. The van der Waals surface area contributed by atoms with Crippen molar-refractivity contribution in [3.05, 3.63) is 92.3 Å². The number of hydrogen-bond acceptors (Lipinski definition) is 7. The number of anilines is 2. The molecule has 0 fully saturated rings. The van der Waals surface area contributed by atoms with E-state index in [0.717, 1.165) is 15.2 Å². The number of hydrogen-bond donors (Lipinski definition) is 1. The van der Waals surface area contributed by atoms with Crippen molar-refractivity contribution in [3.63, 3.8) is 0 Å². The number of imide groups is 1. The van der Waals surface area contributed by atoms with Gasteiger partial charge in [0.05, 0.1) is 35.2 Å². The van der Waals surface area contributed by atoms with Crippen LogP contribution in [-0.2, 0) is 25.7 Å². The highest BCUT2D eigenvalue weighted by Gasteiger charge is 2.22. The zero-order chi connectivity index (χ0) is 33.5. The average Bonchev–Trinajstić information content (AvgIpc) is 3.32. The van der Waals surface area contributed by atoms with Gasteiger partial charge in [-0.25, -0.2) is 14.7 Å². The fraction of sp³-hybridized carbons (Fsp3) is 0.219. The molecule has 0 aliphatic carbocycles. The molecule has 4 amide bonds. The van der Waals surface area contributed by atoms with E-state index in [1.165, 1.54) is 31.0 Å². The minimum absolute atomic E-state index is 0.0227. The third-order valence-electron chi connectivity index (χ3n) is 6.75. The molecule has 0 aliphatic rings. The molecule has 2 aromatic heterocycles. The summed E-state index contributed by atoms with van der Waals surface area (Å²) in [6.07, 6.45) is 3.88. The van der Waals surface area contributed by atoms with E-state index in [2.05, 4.69) is 26.2 Å². The molecule has 0 saturated heterocycles. The number of nitrogens with zero attached hydrogens (tertiary/aromatic N) is 4. The Morgan fingerprint density at radius 2 is 1.80 bits per heavy atom. The highest BCUT2D eigenvalue weighted by Crippen LogP contribution is 2.35. The Balaban J connectivity index is 1.37. The third kappa shape index (κ3) is 7.87. The summed E-state index contributed by atoms with van der Waals surface area (Å²) in [6, 6.07) is 13.2. The van der Waals surface area contributed by atoms with Gasteiger partial charge in [-0.3, -0.25) is 18.8 Å². The Labute approximate surface area is 283 Å². The van der Waals surface area contributed by atoms with Gasteiger partial charge in [0, 0.05) is 36.8 Å². The summed E-state index contributed by atoms with van der Waals surface area (Å²) >= 11 is 16.7. The highest BCUT2D eigenvalue weighted by molar-refractivity contribution is 9.10. The van der Waals surface area contributed by atoms with E-state index in [1.807, 2.05) is 23.6 Å². The monoisotopic (exact) mass is 729 g/mol. The second-order valence-corrected chi connectivity index (χ2v) is 11.4. The van der Waals surface area contributed by atoms with Crippen LogP contribution in [0.5, 0.6) is 5.75 Å². The Morgan fingerprint density at radius 1 is 1.09 bits per heavy atom. The number of nitrogens with one attached hydrogen (secondary N) is 1. The van der Waals surface area contributed by atoms with Crippen molar-refractivity contribution in [2.45, 2.75) is 27.4 Å². The number of halogens is 3. The quantitative estimate of drug-likeness (QED) is 0.183. The lowest BCUT2D eigenvalue weighted by Gasteiger charge is -2.21. The van der Waals surface area contributed by atoms with E-state index in [1.54, 1.807) is 49.4 Å². The minimum Gasteiger partial charge on any atom is -0.485 e. The average molecular weight is 731 g/mol. The number of imidazole rings is 1.